The van der Waals surface area contributed by atoms with E-state index in [4.69, 9.17) is 10.5 Å². The topological polar surface area (TPSA) is 35.2 Å². The summed E-state index contributed by atoms with van der Waals surface area (Å²) in [5.74, 6) is 0. The van der Waals surface area contributed by atoms with E-state index >= 15 is 0 Å². The Kier molecular flexibility index (Phi) is 9.85. The van der Waals surface area contributed by atoms with Gasteiger partial charge in [-0.15, -0.1) is 0 Å². The lowest BCUT2D eigenvalue weighted by molar-refractivity contribution is -0.0399. The highest BCUT2D eigenvalue weighted by Gasteiger charge is 2.32. The van der Waals surface area contributed by atoms with Crippen molar-refractivity contribution in [2.75, 3.05) is 7.11 Å². The molecule has 2 nitrogen and oxygen atoms in total. The van der Waals surface area contributed by atoms with Crippen molar-refractivity contribution in [3.8, 4) is 0 Å². The van der Waals surface area contributed by atoms with Crippen LogP contribution in [0, 0.1) is 0 Å². The Morgan fingerprint density at radius 3 is 1.94 bits per heavy atom. The Bertz CT molecular complexity index is 158. The van der Waals surface area contributed by atoms with E-state index in [2.05, 4.69) is 20.8 Å². The maximum atomic E-state index is 6.30. The molecule has 0 rings (SSSR count). The molecule has 0 aliphatic carbocycles. The molecule has 0 aliphatic heterocycles. The fourth-order valence-electron chi connectivity index (χ4n) is 2.62. The Balaban J connectivity index is 3.79. The predicted molar refractivity (Wildman–Crippen MR) is 76.3 cm³/mol. The highest BCUT2D eigenvalue weighted by Crippen LogP contribution is 2.26. The van der Waals surface area contributed by atoms with Crippen LogP contribution in [-0.4, -0.2) is 18.8 Å². The van der Waals surface area contributed by atoms with Crippen molar-refractivity contribution in [1.82, 2.24) is 0 Å². The molecule has 2 N–H and O–H groups in total. The van der Waals surface area contributed by atoms with Gasteiger partial charge in [0.15, 0.2) is 0 Å². The molecule has 0 amide bonds. The van der Waals surface area contributed by atoms with E-state index in [1.54, 1.807) is 7.11 Å². The normalized spacial score (nSPS) is 13.9. The fourth-order valence-corrected chi connectivity index (χ4v) is 2.62. The smallest absolute Gasteiger partial charge is 0.0823 e. The molecule has 2 heteroatoms. The number of unbranched alkanes of at least 4 members (excludes halogenated alkanes) is 5. The second-order valence-electron chi connectivity index (χ2n) is 5.14. The summed E-state index contributed by atoms with van der Waals surface area (Å²) >= 11 is 0. The van der Waals surface area contributed by atoms with Crippen LogP contribution in [-0.2, 0) is 4.74 Å². The van der Waals surface area contributed by atoms with Gasteiger partial charge in [-0.3, -0.25) is 0 Å². The molecular formula is C15H33NO. The third kappa shape index (κ3) is 5.87. The monoisotopic (exact) mass is 243 g/mol. The quantitative estimate of drug-likeness (QED) is 0.550. The molecule has 0 radical (unpaired) electrons. The lowest BCUT2D eigenvalue weighted by Crippen LogP contribution is -2.48. The maximum absolute atomic E-state index is 6.30. The zero-order valence-electron chi connectivity index (χ0n) is 12.4. The van der Waals surface area contributed by atoms with Crippen LogP contribution >= 0.6 is 0 Å². The lowest BCUT2D eigenvalue weighted by atomic mass is 9.85. The van der Waals surface area contributed by atoms with Crippen molar-refractivity contribution in [2.45, 2.75) is 90.2 Å². The fraction of sp³-hybridized carbons (Fsp3) is 1.00. The summed E-state index contributed by atoms with van der Waals surface area (Å²) in [5, 5.41) is 0. The Labute approximate surface area is 108 Å². The summed E-state index contributed by atoms with van der Waals surface area (Å²) in [6.45, 7) is 6.60. The van der Waals surface area contributed by atoms with E-state index in [1.807, 2.05) is 0 Å². The van der Waals surface area contributed by atoms with Gasteiger partial charge in [-0.1, -0.05) is 59.3 Å². The molecule has 0 aromatic carbocycles. The van der Waals surface area contributed by atoms with Gasteiger partial charge in [0.25, 0.3) is 0 Å². The second kappa shape index (κ2) is 9.90. The zero-order valence-corrected chi connectivity index (χ0v) is 12.4. The van der Waals surface area contributed by atoms with Gasteiger partial charge in [0.05, 0.1) is 5.60 Å². The van der Waals surface area contributed by atoms with E-state index in [1.165, 1.54) is 38.5 Å². The van der Waals surface area contributed by atoms with Crippen LogP contribution in [0.2, 0.25) is 0 Å². The van der Waals surface area contributed by atoms with Crippen LogP contribution in [0.5, 0.6) is 0 Å². The Hall–Kier alpha value is -0.0800. The minimum Gasteiger partial charge on any atom is -0.377 e. The van der Waals surface area contributed by atoms with Gasteiger partial charge in [0, 0.05) is 13.2 Å². The van der Waals surface area contributed by atoms with Crippen molar-refractivity contribution in [3.63, 3.8) is 0 Å². The van der Waals surface area contributed by atoms with Gasteiger partial charge in [0.1, 0.15) is 0 Å². The molecule has 0 aromatic rings. The van der Waals surface area contributed by atoms with Gasteiger partial charge in [0.2, 0.25) is 0 Å². The molecule has 0 saturated heterocycles. The molecule has 0 fully saturated rings. The minimum atomic E-state index is -0.0938. The molecular weight excluding hydrogens is 210 g/mol. The molecule has 0 heterocycles. The van der Waals surface area contributed by atoms with Crippen LogP contribution in [0.1, 0.15) is 78.6 Å². The van der Waals surface area contributed by atoms with Crippen molar-refractivity contribution in [3.05, 3.63) is 0 Å². The standard InChI is InChI=1S/C15H33NO/c1-5-8-9-10-11-12-13-14(16)15(6-2,7-3)17-4/h14H,5-13,16H2,1-4H3. The predicted octanol–water partition coefficient (Wildman–Crippen LogP) is 4.27. The van der Waals surface area contributed by atoms with E-state index in [0.717, 1.165) is 19.3 Å². The number of hydrogen-bond acceptors (Lipinski definition) is 2. The van der Waals surface area contributed by atoms with Crippen LogP contribution in [0.4, 0.5) is 0 Å². The summed E-state index contributed by atoms with van der Waals surface area (Å²) < 4.78 is 5.67. The average Bonchev–Trinajstić information content (AvgIpc) is 2.36. The summed E-state index contributed by atoms with van der Waals surface area (Å²) in [7, 11) is 1.80. The van der Waals surface area contributed by atoms with Gasteiger partial charge < -0.3 is 10.5 Å². The van der Waals surface area contributed by atoms with Crippen LogP contribution in [0.25, 0.3) is 0 Å². The number of rotatable bonds is 11. The SMILES string of the molecule is CCCCCCCCC(N)C(CC)(CC)OC. The summed E-state index contributed by atoms with van der Waals surface area (Å²) in [6, 6.07) is 0.189. The summed E-state index contributed by atoms with van der Waals surface area (Å²) in [4.78, 5) is 0. The van der Waals surface area contributed by atoms with E-state index in [0.29, 0.717) is 0 Å². The Morgan fingerprint density at radius 2 is 1.47 bits per heavy atom. The van der Waals surface area contributed by atoms with Gasteiger partial charge in [-0.25, -0.2) is 0 Å². The third-order valence-corrected chi connectivity index (χ3v) is 4.15. The molecule has 0 saturated carbocycles. The molecule has 1 unspecified atom stereocenters. The number of methoxy groups -OCH3 is 1. The molecule has 104 valence electrons. The first-order valence-corrected chi connectivity index (χ1v) is 7.47. The second-order valence-corrected chi connectivity index (χ2v) is 5.14. The Morgan fingerprint density at radius 1 is 0.941 bits per heavy atom. The maximum Gasteiger partial charge on any atom is 0.0823 e. The summed E-state index contributed by atoms with van der Waals surface area (Å²) in [5.41, 5.74) is 6.21. The number of nitrogens with two attached hydrogens (primary N) is 1. The molecule has 0 aromatic heterocycles. The van der Waals surface area contributed by atoms with Gasteiger partial charge in [-0.05, 0) is 19.3 Å². The number of ether oxygens (including phenoxy) is 1. The summed E-state index contributed by atoms with van der Waals surface area (Å²) in [6.07, 6.45) is 11.1. The first-order valence-electron chi connectivity index (χ1n) is 7.47. The van der Waals surface area contributed by atoms with Crippen molar-refractivity contribution < 1.29 is 4.74 Å². The first kappa shape index (κ1) is 16.9. The van der Waals surface area contributed by atoms with Crippen molar-refractivity contribution >= 4 is 0 Å². The molecule has 0 spiro atoms. The largest absolute Gasteiger partial charge is 0.377 e. The highest BCUT2D eigenvalue weighted by molar-refractivity contribution is 4.88. The molecule has 1 atom stereocenters. The van der Waals surface area contributed by atoms with E-state index in [-0.39, 0.29) is 11.6 Å². The molecule has 0 aliphatic rings. The van der Waals surface area contributed by atoms with E-state index < -0.39 is 0 Å². The molecule has 0 bridgehead atoms. The lowest BCUT2D eigenvalue weighted by Gasteiger charge is -2.36. The molecule has 17 heavy (non-hydrogen) atoms. The average molecular weight is 243 g/mol. The zero-order chi connectivity index (χ0) is 13.1. The first-order chi connectivity index (χ1) is 8.16. The highest BCUT2D eigenvalue weighted by atomic mass is 16.5. The van der Waals surface area contributed by atoms with Crippen LogP contribution < -0.4 is 5.73 Å². The van der Waals surface area contributed by atoms with Gasteiger partial charge in [-0.2, -0.15) is 0 Å². The third-order valence-electron chi connectivity index (χ3n) is 4.15. The van der Waals surface area contributed by atoms with Crippen molar-refractivity contribution in [1.29, 1.82) is 0 Å². The number of hydrogen-bond donors (Lipinski definition) is 1. The van der Waals surface area contributed by atoms with Gasteiger partial charge >= 0.3 is 0 Å². The van der Waals surface area contributed by atoms with Crippen molar-refractivity contribution in [2.24, 2.45) is 5.73 Å². The van der Waals surface area contributed by atoms with Crippen LogP contribution in [0.15, 0.2) is 0 Å². The van der Waals surface area contributed by atoms with Crippen LogP contribution in [0.3, 0.4) is 0 Å². The minimum absolute atomic E-state index is 0.0938. The van der Waals surface area contributed by atoms with E-state index in [9.17, 15) is 0 Å².